The van der Waals surface area contributed by atoms with Crippen molar-refractivity contribution in [3.63, 3.8) is 0 Å². The molecule has 5 nitrogen and oxygen atoms in total. The Morgan fingerprint density at radius 2 is 2.08 bits per heavy atom. The predicted octanol–water partition coefficient (Wildman–Crippen LogP) is 2.64. The van der Waals surface area contributed by atoms with Gasteiger partial charge in [0.15, 0.2) is 5.69 Å². The molecule has 0 N–H and O–H groups in total. The summed E-state index contributed by atoms with van der Waals surface area (Å²) in [5, 5.41) is 4.49. The molecule has 2 aromatic rings. The zero-order valence-corrected chi connectivity index (χ0v) is 14.8. The van der Waals surface area contributed by atoms with E-state index in [0.717, 1.165) is 19.3 Å². The van der Waals surface area contributed by atoms with Gasteiger partial charge in [0, 0.05) is 44.8 Å². The number of rotatable bonds is 5. The first-order chi connectivity index (χ1) is 11.6. The summed E-state index contributed by atoms with van der Waals surface area (Å²) < 4.78 is 1.90. The highest BCUT2D eigenvalue weighted by atomic mass is 16.2. The summed E-state index contributed by atoms with van der Waals surface area (Å²) in [7, 11) is 5.53. The van der Waals surface area contributed by atoms with Crippen LogP contribution < -0.4 is 0 Å². The molecule has 5 heteroatoms. The molecule has 0 radical (unpaired) electrons. The molecule has 128 valence electrons. The van der Waals surface area contributed by atoms with E-state index in [2.05, 4.69) is 22.2 Å². The molecule has 24 heavy (non-hydrogen) atoms. The number of nitrogens with zero attached hydrogens (tertiary/aromatic N) is 4. The van der Waals surface area contributed by atoms with E-state index < -0.39 is 0 Å². The van der Waals surface area contributed by atoms with Crippen LogP contribution in [-0.4, -0.2) is 39.7 Å². The molecule has 0 bridgehead atoms. The molecule has 1 amide bonds. The van der Waals surface area contributed by atoms with Crippen LogP contribution in [0.2, 0.25) is 0 Å². The lowest BCUT2D eigenvalue weighted by molar-refractivity contribution is 0.0819. The van der Waals surface area contributed by atoms with Gasteiger partial charge in [-0.05, 0) is 62.1 Å². The Balaban J connectivity index is 1.64. The van der Waals surface area contributed by atoms with Crippen molar-refractivity contribution in [2.24, 2.45) is 13.0 Å². The first kappa shape index (κ1) is 16.7. The highest BCUT2D eigenvalue weighted by molar-refractivity contribution is 5.93. The molecule has 3 rings (SSSR count). The van der Waals surface area contributed by atoms with E-state index in [1.807, 2.05) is 24.1 Å². The Hall–Kier alpha value is -2.17. The minimum absolute atomic E-state index is 0.0179. The van der Waals surface area contributed by atoms with Crippen LogP contribution in [0, 0.1) is 5.92 Å². The lowest BCUT2D eigenvalue weighted by atomic mass is 9.83. The second-order valence-electron chi connectivity index (χ2n) is 6.95. The molecule has 0 spiro atoms. The van der Waals surface area contributed by atoms with Crippen molar-refractivity contribution in [3.05, 3.63) is 47.0 Å². The summed E-state index contributed by atoms with van der Waals surface area (Å²) in [6, 6.07) is 4.18. The van der Waals surface area contributed by atoms with Crippen molar-refractivity contribution in [1.82, 2.24) is 19.7 Å². The molecule has 0 aliphatic heterocycles. The number of fused-ring (bicyclic) bond motifs is 1. The van der Waals surface area contributed by atoms with Crippen molar-refractivity contribution in [2.75, 3.05) is 14.1 Å². The fourth-order valence-electron chi connectivity index (χ4n) is 3.64. The quantitative estimate of drug-likeness (QED) is 0.849. The van der Waals surface area contributed by atoms with Crippen LogP contribution in [0.3, 0.4) is 0 Å². The van der Waals surface area contributed by atoms with Gasteiger partial charge in [-0.15, -0.1) is 0 Å². The highest BCUT2D eigenvalue weighted by Crippen LogP contribution is 2.31. The second-order valence-corrected chi connectivity index (χ2v) is 6.95. The number of aryl methyl sites for hydroxylation is 2. The van der Waals surface area contributed by atoms with Crippen LogP contribution in [-0.2, 0) is 26.3 Å². The normalized spacial score (nSPS) is 16.7. The van der Waals surface area contributed by atoms with Crippen molar-refractivity contribution in [3.8, 4) is 0 Å². The lowest BCUT2D eigenvalue weighted by Crippen LogP contribution is -2.24. The van der Waals surface area contributed by atoms with Crippen LogP contribution in [0.4, 0.5) is 0 Å². The van der Waals surface area contributed by atoms with Gasteiger partial charge in [-0.2, -0.15) is 5.10 Å². The lowest BCUT2D eigenvalue weighted by Gasteiger charge is -2.23. The monoisotopic (exact) mass is 326 g/mol. The third-order valence-corrected chi connectivity index (χ3v) is 4.99. The maximum atomic E-state index is 12.4. The van der Waals surface area contributed by atoms with E-state index >= 15 is 0 Å². The molecule has 0 saturated carbocycles. The Labute approximate surface area is 143 Å². The SMILES string of the molecule is CN(C)C(=O)c1nn(C)c2c1CC(CCCc1ccncc1)CC2. The zero-order chi connectivity index (χ0) is 17.1. The largest absolute Gasteiger partial charge is 0.343 e. The Bertz CT molecular complexity index is 706. The molecule has 1 aliphatic carbocycles. The summed E-state index contributed by atoms with van der Waals surface area (Å²) in [6.45, 7) is 0. The van der Waals surface area contributed by atoms with Gasteiger partial charge >= 0.3 is 0 Å². The van der Waals surface area contributed by atoms with Crippen LogP contribution in [0.15, 0.2) is 24.5 Å². The van der Waals surface area contributed by atoms with E-state index in [1.54, 1.807) is 19.0 Å². The number of hydrogen-bond donors (Lipinski definition) is 0. The Morgan fingerprint density at radius 1 is 1.33 bits per heavy atom. The molecule has 2 heterocycles. The standard InChI is InChI=1S/C19H26N4O/c1-22(2)19(24)18-16-13-15(7-8-17(16)23(3)21-18)6-4-5-14-9-11-20-12-10-14/h9-12,15H,4-8,13H2,1-3H3. The van der Waals surface area contributed by atoms with Gasteiger partial charge in [0.1, 0.15) is 0 Å². The summed E-state index contributed by atoms with van der Waals surface area (Å²) in [4.78, 5) is 18.1. The van der Waals surface area contributed by atoms with E-state index in [0.29, 0.717) is 11.6 Å². The Kier molecular flexibility index (Phi) is 4.97. The van der Waals surface area contributed by atoms with Gasteiger partial charge < -0.3 is 4.90 Å². The third kappa shape index (κ3) is 3.50. The van der Waals surface area contributed by atoms with Crippen LogP contribution in [0.1, 0.15) is 46.6 Å². The Morgan fingerprint density at radius 3 is 2.79 bits per heavy atom. The molecule has 0 aromatic carbocycles. The van der Waals surface area contributed by atoms with Crippen molar-refractivity contribution < 1.29 is 4.79 Å². The number of pyridine rings is 1. The summed E-state index contributed by atoms with van der Waals surface area (Å²) in [5.74, 6) is 0.668. The second kappa shape index (κ2) is 7.16. The summed E-state index contributed by atoms with van der Waals surface area (Å²) in [6.07, 6.45) is 10.4. The molecule has 1 aliphatic rings. The van der Waals surface area contributed by atoms with E-state index in [1.165, 1.54) is 36.1 Å². The van der Waals surface area contributed by atoms with Gasteiger partial charge in [-0.25, -0.2) is 0 Å². The van der Waals surface area contributed by atoms with Crippen molar-refractivity contribution >= 4 is 5.91 Å². The van der Waals surface area contributed by atoms with Gasteiger partial charge in [0.2, 0.25) is 0 Å². The summed E-state index contributed by atoms with van der Waals surface area (Å²) in [5.41, 5.74) is 4.42. The molecular formula is C19H26N4O. The van der Waals surface area contributed by atoms with Crippen molar-refractivity contribution in [1.29, 1.82) is 0 Å². The molecular weight excluding hydrogens is 300 g/mol. The topological polar surface area (TPSA) is 51.0 Å². The fraction of sp³-hybridized carbons (Fsp3) is 0.526. The number of carbonyl (C=O) groups is 1. The summed E-state index contributed by atoms with van der Waals surface area (Å²) >= 11 is 0. The van der Waals surface area contributed by atoms with Crippen LogP contribution in [0.25, 0.3) is 0 Å². The minimum atomic E-state index is 0.0179. The average molecular weight is 326 g/mol. The maximum absolute atomic E-state index is 12.4. The number of hydrogen-bond acceptors (Lipinski definition) is 3. The van der Waals surface area contributed by atoms with Crippen molar-refractivity contribution in [2.45, 2.75) is 38.5 Å². The molecule has 0 fully saturated rings. The number of amides is 1. The first-order valence-electron chi connectivity index (χ1n) is 8.71. The van der Waals surface area contributed by atoms with Crippen LogP contribution in [0.5, 0.6) is 0 Å². The van der Waals surface area contributed by atoms with Gasteiger partial charge in [-0.1, -0.05) is 0 Å². The minimum Gasteiger partial charge on any atom is -0.343 e. The van der Waals surface area contributed by atoms with Gasteiger partial charge in [0.05, 0.1) is 0 Å². The number of aromatic nitrogens is 3. The highest BCUT2D eigenvalue weighted by Gasteiger charge is 2.28. The molecule has 2 aromatic heterocycles. The molecule has 1 unspecified atom stereocenters. The van der Waals surface area contributed by atoms with Crippen LogP contribution >= 0.6 is 0 Å². The van der Waals surface area contributed by atoms with E-state index in [-0.39, 0.29) is 5.91 Å². The first-order valence-corrected chi connectivity index (χ1v) is 8.71. The van der Waals surface area contributed by atoms with E-state index in [9.17, 15) is 4.79 Å². The number of carbonyl (C=O) groups excluding carboxylic acids is 1. The smallest absolute Gasteiger partial charge is 0.274 e. The zero-order valence-electron chi connectivity index (χ0n) is 14.8. The average Bonchev–Trinajstić information content (AvgIpc) is 2.91. The third-order valence-electron chi connectivity index (χ3n) is 4.99. The van der Waals surface area contributed by atoms with Gasteiger partial charge in [-0.3, -0.25) is 14.5 Å². The van der Waals surface area contributed by atoms with Gasteiger partial charge in [0.25, 0.3) is 5.91 Å². The maximum Gasteiger partial charge on any atom is 0.274 e. The van der Waals surface area contributed by atoms with E-state index in [4.69, 9.17) is 0 Å². The predicted molar refractivity (Wildman–Crippen MR) is 93.9 cm³/mol. The molecule has 0 saturated heterocycles. The fourth-order valence-corrected chi connectivity index (χ4v) is 3.64. The molecule has 1 atom stereocenters.